The van der Waals surface area contributed by atoms with Crippen LogP contribution in [0.2, 0.25) is 0 Å². The third-order valence-corrected chi connectivity index (χ3v) is 2.29. The predicted molar refractivity (Wildman–Crippen MR) is 70.3 cm³/mol. The van der Waals surface area contributed by atoms with Gasteiger partial charge in [-0.1, -0.05) is 12.2 Å². The summed E-state index contributed by atoms with van der Waals surface area (Å²) in [7, 11) is 0. The second kappa shape index (κ2) is 8.25. The molecule has 0 radical (unpaired) electrons. The maximum absolute atomic E-state index is 12.0. The van der Waals surface area contributed by atoms with Gasteiger partial charge in [0, 0.05) is 13.1 Å². The fraction of sp³-hybridized carbons (Fsp3) is 0.583. The molecule has 0 aromatic rings. The summed E-state index contributed by atoms with van der Waals surface area (Å²) in [4.78, 5) is 36.2. The second-order valence-corrected chi connectivity index (χ2v) is 4.37. The van der Waals surface area contributed by atoms with Gasteiger partial charge in [-0.25, -0.2) is 0 Å². The molecule has 108 valence electrons. The molecule has 0 fully saturated rings. The van der Waals surface area contributed by atoms with Gasteiger partial charge >= 0.3 is 5.97 Å². The van der Waals surface area contributed by atoms with Crippen molar-refractivity contribution in [3.05, 3.63) is 12.2 Å². The van der Waals surface area contributed by atoms with E-state index in [4.69, 9.17) is 10.8 Å². The highest BCUT2D eigenvalue weighted by Gasteiger charge is 2.19. The van der Waals surface area contributed by atoms with Crippen molar-refractivity contribution >= 4 is 17.8 Å². The molecule has 0 spiro atoms. The van der Waals surface area contributed by atoms with Crippen LogP contribution >= 0.6 is 0 Å². The van der Waals surface area contributed by atoms with Crippen molar-refractivity contribution in [1.29, 1.82) is 0 Å². The number of primary amides is 1. The van der Waals surface area contributed by atoms with Crippen LogP contribution in [0.15, 0.2) is 12.2 Å². The Hall–Kier alpha value is -1.89. The number of carbonyl (C=O) groups is 3. The predicted octanol–water partition coefficient (Wildman–Crippen LogP) is -0.717. The third kappa shape index (κ3) is 7.93. The number of carbonyl (C=O) groups excluding carboxylic acids is 2. The number of carboxylic acid groups (broad SMARTS) is 1. The minimum atomic E-state index is -1.11. The molecule has 0 aromatic carbocycles. The Morgan fingerprint density at radius 1 is 1.16 bits per heavy atom. The highest BCUT2D eigenvalue weighted by Crippen LogP contribution is 1.99. The van der Waals surface area contributed by atoms with Gasteiger partial charge in [0.05, 0.1) is 19.6 Å². The van der Waals surface area contributed by atoms with E-state index >= 15 is 0 Å². The Morgan fingerprint density at radius 3 is 2.11 bits per heavy atom. The molecule has 0 saturated carbocycles. The van der Waals surface area contributed by atoms with Gasteiger partial charge in [-0.3, -0.25) is 19.3 Å². The number of amides is 2. The first kappa shape index (κ1) is 17.1. The molecule has 0 heterocycles. The van der Waals surface area contributed by atoms with Crippen molar-refractivity contribution in [3.8, 4) is 0 Å². The maximum atomic E-state index is 12.0. The Balaban J connectivity index is 4.61. The topological polar surface area (TPSA) is 104 Å². The van der Waals surface area contributed by atoms with E-state index < -0.39 is 18.4 Å². The van der Waals surface area contributed by atoms with E-state index in [9.17, 15) is 14.4 Å². The van der Waals surface area contributed by atoms with E-state index in [1.165, 1.54) is 9.80 Å². The minimum absolute atomic E-state index is 0.156. The average Bonchev–Trinajstić information content (AvgIpc) is 2.23. The number of likely N-dealkylation sites (N-methyl/N-ethyl adjacent to an activating group) is 1. The summed E-state index contributed by atoms with van der Waals surface area (Å²) in [6, 6.07) is 0. The molecule has 0 bridgehead atoms. The molecule has 0 unspecified atom stereocenters. The normalized spacial score (nSPS) is 10.3. The van der Waals surface area contributed by atoms with Gasteiger partial charge in [0.2, 0.25) is 11.8 Å². The van der Waals surface area contributed by atoms with E-state index in [0.29, 0.717) is 13.1 Å². The lowest BCUT2D eigenvalue weighted by molar-refractivity contribution is -0.140. The average molecular weight is 271 g/mol. The van der Waals surface area contributed by atoms with Crippen LogP contribution in [0.25, 0.3) is 0 Å². The highest BCUT2D eigenvalue weighted by molar-refractivity contribution is 5.82. The zero-order valence-electron chi connectivity index (χ0n) is 11.4. The molecule has 19 heavy (non-hydrogen) atoms. The molecule has 7 heteroatoms. The van der Waals surface area contributed by atoms with Crippen LogP contribution in [-0.2, 0) is 14.4 Å². The Morgan fingerprint density at radius 2 is 1.74 bits per heavy atom. The van der Waals surface area contributed by atoms with Gasteiger partial charge in [0.25, 0.3) is 0 Å². The van der Waals surface area contributed by atoms with E-state index in [1.54, 1.807) is 6.92 Å². The first-order valence-corrected chi connectivity index (χ1v) is 5.90. The van der Waals surface area contributed by atoms with E-state index in [-0.39, 0.29) is 19.0 Å². The van der Waals surface area contributed by atoms with E-state index in [0.717, 1.165) is 5.57 Å². The fourth-order valence-corrected chi connectivity index (χ4v) is 1.57. The largest absolute Gasteiger partial charge is 0.480 e. The third-order valence-electron chi connectivity index (χ3n) is 2.29. The van der Waals surface area contributed by atoms with Crippen LogP contribution in [0, 0.1) is 0 Å². The lowest BCUT2D eigenvalue weighted by atomic mass is 10.3. The highest BCUT2D eigenvalue weighted by atomic mass is 16.4. The van der Waals surface area contributed by atoms with Gasteiger partial charge in [-0.05, 0) is 13.8 Å². The number of nitrogens with two attached hydrogens (primary N) is 1. The Kier molecular flexibility index (Phi) is 7.43. The molecule has 0 aromatic heterocycles. The number of hydrogen-bond donors (Lipinski definition) is 2. The first-order chi connectivity index (χ1) is 8.76. The molecule has 0 aliphatic heterocycles. The zero-order chi connectivity index (χ0) is 15.0. The molecule has 0 saturated heterocycles. The van der Waals surface area contributed by atoms with E-state index in [2.05, 4.69) is 6.58 Å². The van der Waals surface area contributed by atoms with E-state index in [1.807, 2.05) is 6.92 Å². The van der Waals surface area contributed by atoms with Crippen molar-refractivity contribution in [2.75, 3.05) is 32.7 Å². The SMILES string of the molecule is C=C(C)CN(CC)C(=O)CN(CC(N)=O)CC(=O)O. The summed E-state index contributed by atoms with van der Waals surface area (Å²) in [5, 5.41) is 8.72. The second-order valence-electron chi connectivity index (χ2n) is 4.37. The van der Waals surface area contributed by atoms with Gasteiger partial charge < -0.3 is 15.7 Å². The Labute approximate surface area is 112 Å². The number of aliphatic carboxylic acids is 1. The van der Waals surface area contributed by atoms with Crippen molar-refractivity contribution < 1.29 is 19.5 Å². The summed E-state index contributed by atoms with van der Waals surface area (Å²) in [5.74, 6) is -2.04. The molecule has 3 N–H and O–H groups in total. The summed E-state index contributed by atoms with van der Waals surface area (Å²) < 4.78 is 0. The zero-order valence-corrected chi connectivity index (χ0v) is 11.4. The van der Waals surface area contributed by atoms with Gasteiger partial charge in [0.15, 0.2) is 0 Å². The van der Waals surface area contributed by atoms with Gasteiger partial charge in [0.1, 0.15) is 0 Å². The molecular formula is C12H21N3O4. The van der Waals surface area contributed by atoms with Crippen LogP contribution in [0.1, 0.15) is 13.8 Å². The van der Waals surface area contributed by atoms with Crippen LogP contribution in [-0.4, -0.2) is 65.4 Å². The molecule has 7 nitrogen and oxygen atoms in total. The smallest absolute Gasteiger partial charge is 0.317 e. The van der Waals surface area contributed by atoms with Crippen molar-refractivity contribution in [1.82, 2.24) is 9.80 Å². The summed E-state index contributed by atoms with van der Waals surface area (Å²) in [5.41, 5.74) is 5.85. The van der Waals surface area contributed by atoms with Gasteiger partial charge in [-0.2, -0.15) is 0 Å². The number of nitrogens with zero attached hydrogens (tertiary/aromatic N) is 2. The molecule has 0 aliphatic rings. The fourth-order valence-electron chi connectivity index (χ4n) is 1.57. The van der Waals surface area contributed by atoms with Crippen LogP contribution in [0.3, 0.4) is 0 Å². The summed E-state index contributed by atoms with van der Waals surface area (Å²) in [6.07, 6.45) is 0. The number of hydrogen-bond acceptors (Lipinski definition) is 4. The maximum Gasteiger partial charge on any atom is 0.317 e. The lowest BCUT2D eigenvalue weighted by Crippen LogP contribution is -2.45. The molecular weight excluding hydrogens is 250 g/mol. The molecule has 2 amide bonds. The van der Waals surface area contributed by atoms with Gasteiger partial charge in [-0.15, -0.1) is 0 Å². The summed E-state index contributed by atoms with van der Waals surface area (Å²) in [6.45, 7) is 7.42. The number of carboxylic acids is 1. The quantitative estimate of drug-likeness (QED) is 0.539. The molecule has 0 atom stereocenters. The summed E-state index contributed by atoms with van der Waals surface area (Å²) >= 11 is 0. The van der Waals surface area contributed by atoms with Crippen LogP contribution < -0.4 is 5.73 Å². The monoisotopic (exact) mass is 271 g/mol. The molecule has 0 aliphatic carbocycles. The minimum Gasteiger partial charge on any atom is -0.480 e. The van der Waals surface area contributed by atoms with Crippen molar-refractivity contribution in [3.63, 3.8) is 0 Å². The standard InChI is InChI=1S/C12H21N3O4/c1-4-15(5-9(2)3)11(17)7-14(6-10(13)16)8-12(18)19/h2,4-8H2,1,3H3,(H2,13,16)(H,18,19). The number of rotatable bonds is 9. The Bertz CT molecular complexity index is 352. The lowest BCUT2D eigenvalue weighted by Gasteiger charge is -2.25. The van der Waals surface area contributed by atoms with Crippen molar-refractivity contribution in [2.24, 2.45) is 5.73 Å². The first-order valence-electron chi connectivity index (χ1n) is 5.90. The molecule has 0 rings (SSSR count). The van der Waals surface area contributed by atoms with Crippen molar-refractivity contribution in [2.45, 2.75) is 13.8 Å². The van der Waals surface area contributed by atoms with Crippen LogP contribution in [0.4, 0.5) is 0 Å². The van der Waals surface area contributed by atoms with Crippen LogP contribution in [0.5, 0.6) is 0 Å².